The average Bonchev–Trinajstić information content (AvgIpc) is 2.21. The van der Waals surface area contributed by atoms with Gasteiger partial charge in [-0.05, 0) is 13.5 Å². The Morgan fingerprint density at radius 3 is 2.71 bits per heavy atom. The van der Waals surface area contributed by atoms with E-state index >= 15 is 0 Å². The number of terminal acetylenes is 1. The molecule has 14 heavy (non-hydrogen) atoms. The highest BCUT2D eigenvalue weighted by Crippen LogP contribution is 1.87. The summed E-state index contributed by atoms with van der Waals surface area (Å²) in [5.74, 6) is 2.71. The maximum absolute atomic E-state index is 5.33. The Hall–Kier alpha value is -0.560. The quantitative estimate of drug-likeness (QED) is 0.577. The zero-order valence-corrected chi connectivity index (χ0v) is 9.55. The Balaban J connectivity index is 3.39. The molecule has 0 aromatic heterocycles. The molecule has 0 bridgehead atoms. The van der Waals surface area contributed by atoms with Gasteiger partial charge in [0.15, 0.2) is 0 Å². The minimum Gasteiger partial charge on any atom is -0.383 e. The summed E-state index contributed by atoms with van der Waals surface area (Å²) in [5.41, 5.74) is 0. The molecular weight excluding hydrogens is 176 g/mol. The zero-order valence-electron chi connectivity index (χ0n) is 9.55. The van der Waals surface area contributed by atoms with Crippen molar-refractivity contribution < 1.29 is 4.74 Å². The Bertz CT molecular complexity index is 165. The van der Waals surface area contributed by atoms with Crippen LogP contribution in [-0.2, 0) is 4.74 Å². The van der Waals surface area contributed by atoms with Gasteiger partial charge in [-0.15, -0.1) is 6.42 Å². The van der Waals surface area contributed by atoms with E-state index < -0.39 is 0 Å². The van der Waals surface area contributed by atoms with Crippen LogP contribution in [0.4, 0.5) is 0 Å². The van der Waals surface area contributed by atoms with Crippen LogP contribution < -0.4 is 5.32 Å². The molecule has 0 rings (SSSR count). The van der Waals surface area contributed by atoms with E-state index in [1.807, 2.05) is 0 Å². The number of hydrogen-bond acceptors (Lipinski definition) is 3. The van der Waals surface area contributed by atoms with Crippen LogP contribution in [0.25, 0.3) is 0 Å². The lowest BCUT2D eigenvalue weighted by atomic mass is 10.2. The normalized spacial score (nSPS) is 12.8. The van der Waals surface area contributed by atoms with E-state index in [0.29, 0.717) is 0 Å². The lowest BCUT2D eigenvalue weighted by Crippen LogP contribution is -2.35. The van der Waals surface area contributed by atoms with Crippen LogP contribution in [0.3, 0.4) is 0 Å². The van der Waals surface area contributed by atoms with Crippen molar-refractivity contribution in [3.05, 3.63) is 0 Å². The van der Waals surface area contributed by atoms with Crippen molar-refractivity contribution in [1.82, 2.24) is 10.2 Å². The molecule has 3 heteroatoms. The van der Waals surface area contributed by atoms with Crippen LogP contribution in [0.5, 0.6) is 0 Å². The van der Waals surface area contributed by atoms with Crippen molar-refractivity contribution in [2.75, 3.05) is 40.4 Å². The summed E-state index contributed by atoms with van der Waals surface area (Å²) in [4.78, 5) is 2.22. The van der Waals surface area contributed by atoms with E-state index in [0.717, 1.165) is 32.7 Å². The van der Waals surface area contributed by atoms with Gasteiger partial charge in [0.05, 0.1) is 12.6 Å². The number of nitrogens with one attached hydrogen (secondary N) is 1. The van der Waals surface area contributed by atoms with Crippen molar-refractivity contribution >= 4 is 0 Å². The predicted octanol–water partition coefficient (Wildman–Crippen LogP) is 0.566. The van der Waals surface area contributed by atoms with Crippen LogP contribution in [0.15, 0.2) is 0 Å². The smallest absolute Gasteiger partial charge is 0.0684 e. The first-order chi connectivity index (χ1) is 6.74. The highest BCUT2D eigenvalue weighted by Gasteiger charge is 2.01. The van der Waals surface area contributed by atoms with Gasteiger partial charge in [-0.1, -0.05) is 12.8 Å². The molecule has 0 aliphatic rings. The molecule has 3 nitrogen and oxygen atoms in total. The number of rotatable bonds is 8. The van der Waals surface area contributed by atoms with Gasteiger partial charge in [0.1, 0.15) is 0 Å². The molecule has 82 valence electrons. The van der Waals surface area contributed by atoms with E-state index in [4.69, 9.17) is 11.2 Å². The van der Waals surface area contributed by atoms with E-state index in [1.165, 1.54) is 0 Å². The summed E-state index contributed by atoms with van der Waals surface area (Å²) < 4.78 is 4.99. The number of likely N-dealkylation sites (N-methyl/N-ethyl adjacent to an activating group) is 1. The maximum atomic E-state index is 5.33. The molecule has 0 spiro atoms. The van der Waals surface area contributed by atoms with Crippen molar-refractivity contribution in [3.8, 4) is 12.3 Å². The van der Waals surface area contributed by atoms with Crippen molar-refractivity contribution in [1.29, 1.82) is 0 Å². The van der Waals surface area contributed by atoms with Crippen molar-refractivity contribution in [2.45, 2.75) is 19.4 Å². The second kappa shape index (κ2) is 9.01. The Labute approximate surface area is 87.8 Å². The molecule has 0 aliphatic carbocycles. The third kappa shape index (κ3) is 6.90. The SMILES string of the molecule is C#CC(CC)NCCN(C)CCOC. The van der Waals surface area contributed by atoms with Crippen LogP contribution in [-0.4, -0.2) is 51.3 Å². The van der Waals surface area contributed by atoms with Crippen LogP contribution in [0.2, 0.25) is 0 Å². The Morgan fingerprint density at radius 1 is 1.50 bits per heavy atom. The summed E-state index contributed by atoms with van der Waals surface area (Å²) in [6, 6.07) is 0.214. The molecule has 0 saturated heterocycles. The average molecular weight is 198 g/mol. The highest BCUT2D eigenvalue weighted by atomic mass is 16.5. The molecule has 0 radical (unpaired) electrons. The Kier molecular flexibility index (Phi) is 8.65. The lowest BCUT2D eigenvalue weighted by molar-refractivity contribution is 0.161. The number of ether oxygens (including phenoxy) is 1. The summed E-state index contributed by atoms with van der Waals surface area (Å²) in [6.07, 6.45) is 6.32. The molecule has 1 unspecified atom stereocenters. The number of hydrogen-bond donors (Lipinski definition) is 1. The maximum Gasteiger partial charge on any atom is 0.0684 e. The molecule has 0 aromatic rings. The zero-order chi connectivity index (χ0) is 10.8. The minimum absolute atomic E-state index is 0.214. The first-order valence-electron chi connectivity index (χ1n) is 5.11. The second-order valence-corrected chi connectivity index (χ2v) is 3.38. The largest absolute Gasteiger partial charge is 0.383 e. The van der Waals surface area contributed by atoms with Crippen LogP contribution in [0, 0.1) is 12.3 Å². The standard InChI is InChI=1S/C11H22N2O/c1-5-11(6-2)12-7-8-13(3)9-10-14-4/h1,11-12H,6-10H2,2-4H3. The van der Waals surface area contributed by atoms with Gasteiger partial charge in [-0.2, -0.15) is 0 Å². The third-order valence-corrected chi connectivity index (χ3v) is 2.17. The summed E-state index contributed by atoms with van der Waals surface area (Å²) >= 11 is 0. The molecule has 1 N–H and O–H groups in total. The van der Waals surface area contributed by atoms with E-state index in [9.17, 15) is 0 Å². The summed E-state index contributed by atoms with van der Waals surface area (Å²) in [5, 5.41) is 3.31. The minimum atomic E-state index is 0.214. The number of nitrogens with zero attached hydrogens (tertiary/aromatic N) is 1. The van der Waals surface area contributed by atoms with E-state index in [-0.39, 0.29) is 6.04 Å². The van der Waals surface area contributed by atoms with Crippen LogP contribution >= 0.6 is 0 Å². The van der Waals surface area contributed by atoms with Crippen molar-refractivity contribution in [2.24, 2.45) is 0 Å². The topological polar surface area (TPSA) is 24.5 Å². The fourth-order valence-electron chi connectivity index (χ4n) is 1.11. The van der Waals surface area contributed by atoms with Gasteiger partial charge in [0.25, 0.3) is 0 Å². The Morgan fingerprint density at radius 2 is 2.21 bits per heavy atom. The highest BCUT2D eigenvalue weighted by molar-refractivity contribution is 4.97. The van der Waals surface area contributed by atoms with Crippen LogP contribution in [0.1, 0.15) is 13.3 Å². The van der Waals surface area contributed by atoms with Gasteiger partial charge in [0, 0.05) is 26.7 Å². The molecule has 0 saturated carbocycles. The molecule has 0 amide bonds. The molecule has 0 heterocycles. The van der Waals surface area contributed by atoms with Gasteiger partial charge in [-0.25, -0.2) is 0 Å². The van der Waals surface area contributed by atoms with Gasteiger partial charge in [0.2, 0.25) is 0 Å². The first-order valence-corrected chi connectivity index (χ1v) is 5.11. The molecular formula is C11H22N2O. The first kappa shape index (κ1) is 13.4. The lowest BCUT2D eigenvalue weighted by Gasteiger charge is -2.17. The van der Waals surface area contributed by atoms with Crippen molar-refractivity contribution in [3.63, 3.8) is 0 Å². The summed E-state index contributed by atoms with van der Waals surface area (Å²) in [6.45, 7) is 5.77. The molecule has 0 aliphatic heterocycles. The molecule has 0 aromatic carbocycles. The molecule has 0 fully saturated rings. The second-order valence-electron chi connectivity index (χ2n) is 3.38. The van der Waals surface area contributed by atoms with Gasteiger partial charge in [-0.3, -0.25) is 0 Å². The predicted molar refractivity (Wildman–Crippen MR) is 60.3 cm³/mol. The molecule has 1 atom stereocenters. The fourth-order valence-corrected chi connectivity index (χ4v) is 1.11. The van der Waals surface area contributed by atoms with E-state index in [1.54, 1.807) is 7.11 Å². The van der Waals surface area contributed by atoms with Gasteiger partial charge < -0.3 is 15.0 Å². The number of methoxy groups -OCH3 is 1. The summed E-state index contributed by atoms with van der Waals surface area (Å²) in [7, 11) is 3.80. The monoisotopic (exact) mass is 198 g/mol. The third-order valence-electron chi connectivity index (χ3n) is 2.17. The van der Waals surface area contributed by atoms with Gasteiger partial charge >= 0.3 is 0 Å². The van der Waals surface area contributed by atoms with E-state index in [2.05, 4.69) is 30.1 Å². The fraction of sp³-hybridized carbons (Fsp3) is 0.818.